The highest BCUT2D eigenvalue weighted by Gasteiger charge is 2.20. The van der Waals surface area contributed by atoms with E-state index < -0.39 is 10.0 Å². The van der Waals surface area contributed by atoms with Gasteiger partial charge in [-0.2, -0.15) is 0 Å². The average Bonchev–Trinajstić information content (AvgIpc) is 2.98. The van der Waals surface area contributed by atoms with Crippen molar-refractivity contribution in [1.82, 2.24) is 10.0 Å². The number of amides is 1. The van der Waals surface area contributed by atoms with Gasteiger partial charge in [0, 0.05) is 25.8 Å². The Morgan fingerprint density at radius 1 is 1.45 bits per heavy atom. The van der Waals surface area contributed by atoms with Gasteiger partial charge in [-0.1, -0.05) is 6.07 Å². The number of hydrogen-bond donors (Lipinski definition) is 2. The summed E-state index contributed by atoms with van der Waals surface area (Å²) in [5.41, 5.74) is 0.312. The van der Waals surface area contributed by atoms with E-state index in [9.17, 15) is 13.2 Å². The highest BCUT2D eigenvalue weighted by molar-refractivity contribution is 7.89. The van der Waals surface area contributed by atoms with Crippen molar-refractivity contribution < 1.29 is 17.9 Å². The quantitative estimate of drug-likeness (QED) is 0.829. The Labute approximate surface area is 118 Å². The van der Waals surface area contributed by atoms with Crippen molar-refractivity contribution in [3.05, 3.63) is 29.8 Å². The maximum atomic E-state index is 12.2. The van der Waals surface area contributed by atoms with Crippen molar-refractivity contribution in [1.29, 1.82) is 0 Å². The maximum Gasteiger partial charge on any atom is 0.251 e. The smallest absolute Gasteiger partial charge is 0.251 e. The lowest BCUT2D eigenvalue weighted by molar-refractivity contribution is 0.0963. The number of carbonyl (C=O) groups excluding carboxylic acids is 1. The molecule has 0 aliphatic carbocycles. The van der Waals surface area contributed by atoms with Gasteiger partial charge in [-0.3, -0.25) is 4.79 Å². The number of sulfonamides is 1. The average molecular weight is 298 g/mol. The highest BCUT2D eigenvalue weighted by Crippen LogP contribution is 2.14. The van der Waals surface area contributed by atoms with Crippen molar-refractivity contribution in [3.63, 3.8) is 0 Å². The number of benzene rings is 1. The Balaban J connectivity index is 2.10. The van der Waals surface area contributed by atoms with Gasteiger partial charge in [0.15, 0.2) is 0 Å². The van der Waals surface area contributed by atoms with Crippen LogP contribution in [0.3, 0.4) is 0 Å². The first-order valence-corrected chi connectivity index (χ1v) is 7.94. The van der Waals surface area contributed by atoms with Crippen LogP contribution in [0.4, 0.5) is 0 Å². The van der Waals surface area contributed by atoms with Crippen molar-refractivity contribution >= 4 is 15.9 Å². The monoisotopic (exact) mass is 298 g/mol. The summed E-state index contributed by atoms with van der Waals surface area (Å²) in [6.07, 6.45) is 1.76. The van der Waals surface area contributed by atoms with Crippen LogP contribution in [0, 0.1) is 0 Å². The van der Waals surface area contributed by atoms with Crippen LogP contribution >= 0.6 is 0 Å². The van der Waals surface area contributed by atoms with Crippen LogP contribution in [0.15, 0.2) is 29.2 Å². The standard InChI is InChI=1S/C13H18N2O4S/c1-14-13(16)10-4-2-6-12(8-10)20(17,18)15-9-11-5-3-7-19-11/h2,4,6,8,11,15H,3,5,7,9H2,1H3,(H,14,16). The molecule has 0 aromatic heterocycles. The second-order valence-electron chi connectivity index (χ2n) is 4.59. The van der Waals surface area contributed by atoms with Crippen molar-refractivity contribution in [2.45, 2.75) is 23.8 Å². The number of ether oxygens (including phenoxy) is 1. The molecule has 2 rings (SSSR count). The topological polar surface area (TPSA) is 84.5 Å². The molecular weight excluding hydrogens is 280 g/mol. The van der Waals surface area contributed by atoms with E-state index in [2.05, 4.69) is 10.0 Å². The molecule has 20 heavy (non-hydrogen) atoms. The molecule has 0 radical (unpaired) electrons. The van der Waals surface area contributed by atoms with Crippen LogP contribution in [0.25, 0.3) is 0 Å². The predicted octanol–water partition coefficient (Wildman–Crippen LogP) is 0.503. The molecule has 1 aliphatic heterocycles. The molecule has 110 valence electrons. The lowest BCUT2D eigenvalue weighted by Crippen LogP contribution is -2.32. The van der Waals surface area contributed by atoms with E-state index in [4.69, 9.17) is 4.74 Å². The molecule has 0 bridgehead atoms. The zero-order chi connectivity index (χ0) is 14.6. The lowest BCUT2D eigenvalue weighted by atomic mass is 10.2. The first-order chi connectivity index (χ1) is 9.53. The SMILES string of the molecule is CNC(=O)c1cccc(S(=O)(=O)NCC2CCCO2)c1. The van der Waals surface area contributed by atoms with Gasteiger partial charge in [-0.05, 0) is 31.0 Å². The number of nitrogens with one attached hydrogen (secondary N) is 2. The van der Waals surface area contributed by atoms with Gasteiger partial charge in [0.05, 0.1) is 11.0 Å². The Kier molecular flexibility index (Phi) is 4.74. The Bertz CT molecular complexity index is 580. The lowest BCUT2D eigenvalue weighted by Gasteiger charge is -2.12. The molecule has 1 aromatic carbocycles. The van der Waals surface area contributed by atoms with Gasteiger partial charge in [0.2, 0.25) is 10.0 Å². The molecule has 0 saturated carbocycles. The highest BCUT2D eigenvalue weighted by atomic mass is 32.2. The molecule has 1 heterocycles. The van der Waals surface area contributed by atoms with E-state index in [0.29, 0.717) is 12.2 Å². The Morgan fingerprint density at radius 2 is 2.25 bits per heavy atom. The minimum atomic E-state index is -3.62. The fourth-order valence-corrected chi connectivity index (χ4v) is 3.15. The van der Waals surface area contributed by atoms with Crippen LogP contribution in [0.1, 0.15) is 23.2 Å². The third kappa shape index (κ3) is 3.56. The number of hydrogen-bond acceptors (Lipinski definition) is 4. The number of rotatable bonds is 5. The molecule has 7 heteroatoms. The Morgan fingerprint density at radius 3 is 2.90 bits per heavy atom. The van der Waals surface area contributed by atoms with E-state index in [1.165, 1.54) is 19.2 Å². The van der Waals surface area contributed by atoms with Crippen molar-refractivity contribution in [2.75, 3.05) is 20.2 Å². The summed E-state index contributed by atoms with van der Waals surface area (Å²) in [4.78, 5) is 11.6. The van der Waals surface area contributed by atoms with Gasteiger partial charge in [0.1, 0.15) is 0 Å². The summed E-state index contributed by atoms with van der Waals surface area (Å²) in [6.45, 7) is 0.936. The normalized spacial score (nSPS) is 18.9. The second kappa shape index (κ2) is 6.34. The molecule has 6 nitrogen and oxygen atoms in total. The molecule has 1 amide bonds. The molecule has 1 atom stereocenters. The van der Waals surface area contributed by atoms with Gasteiger partial charge in [-0.15, -0.1) is 0 Å². The molecule has 1 fully saturated rings. The summed E-state index contributed by atoms with van der Waals surface area (Å²) in [5, 5.41) is 2.46. The van der Waals surface area contributed by atoms with Gasteiger partial charge >= 0.3 is 0 Å². The molecular formula is C13H18N2O4S. The molecule has 1 unspecified atom stereocenters. The van der Waals surface area contributed by atoms with Crippen molar-refractivity contribution in [2.24, 2.45) is 0 Å². The minimum absolute atomic E-state index is 0.0631. The van der Waals surface area contributed by atoms with E-state index in [-0.39, 0.29) is 23.5 Å². The van der Waals surface area contributed by atoms with Gasteiger partial charge in [-0.25, -0.2) is 13.1 Å². The van der Waals surface area contributed by atoms with E-state index in [1.807, 2.05) is 0 Å². The summed E-state index contributed by atoms with van der Waals surface area (Å²) in [6, 6.07) is 5.93. The zero-order valence-electron chi connectivity index (χ0n) is 11.3. The number of carbonyl (C=O) groups is 1. The third-order valence-electron chi connectivity index (χ3n) is 3.16. The minimum Gasteiger partial charge on any atom is -0.377 e. The van der Waals surface area contributed by atoms with E-state index >= 15 is 0 Å². The summed E-state index contributed by atoms with van der Waals surface area (Å²) >= 11 is 0. The van der Waals surface area contributed by atoms with Crippen molar-refractivity contribution in [3.8, 4) is 0 Å². The van der Waals surface area contributed by atoms with Crippen LogP contribution in [-0.2, 0) is 14.8 Å². The van der Waals surface area contributed by atoms with E-state index in [0.717, 1.165) is 12.8 Å². The summed E-state index contributed by atoms with van der Waals surface area (Å²) < 4.78 is 32.2. The third-order valence-corrected chi connectivity index (χ3v) is 4.58. The summed E-state index contributed by atoms with van der Waals surface area (Å²) in [7, 11) is -2.12. The predicted molar refractivity (Wildman–Crippen MR) is 74.0 cm³/mol. The van der Waals surface area contributed by atoms with Crippen LogP contribution in [0.5, 0.6) is 0 Å². The van der Waals surface area contributed by atoms with Gasteiger partial charge in [0.25, 0.3) is 5.91 Å². The molecule has 1 aromatic rings. The van der Waals surface area contributed by atoms with Gasteiger partial charge < -0.3 is 10.1 Å². The summed E-state index contributed by atoms with van der Waals surface area (Å²) in [5.74, 6) is -0.318. The Hall–Kier alpha value is -1.44. The fraction of sp³-hybridized carbons (Fsp3) is 0.462. The molecule has 1 aliphatic rings. The van der Waals surface area contributed by atoms with Crippen LogP contribution in [0.2, 0.25) is 0 Å². The largest absolute Gasteiger partial charge is 0.377 e. The first-order valence-electron chi connectivity index (χ1n) is 6.46. The van der Waals surface area contributed by atoms with Crippen LogP contribution < -0.4 is 10.0 Å². The molecule has 0 spiro atoms. The molecule has 2 N–H and O–H groups in total. The molecule has 1 saturated heterocycles. The second-order valence-corrected chi connectivity index (χ2v) is 6.36. The maximum absolute atomic E-state index is 12.2. The zero-order valence-corrected chi connectivity index (χ0v) is 12.1. The van der Waals surface area contributed by atoms with Crippen LogP contribution in [-0.4, -0.2) is 40.6 Å². The first kappa shape index (κ1) is 15.0. The fourth-order valence-electron chi connectivity index (χ4n) is 2.04. The van der Waals surface area contributed by atoms with E-state index in [1.54, 1.807) is 12.1 Å².